The minimum Gasteiger partial charge on any atom is -0.504 e. The molecule has 0 radical (unpaired) electrons. The van der Waals surface area contributed by atoms with Gasteiger partial charge in [0.05, 0.1) is 19.3 Å². The van der Waals surface area contributed by atoms with Crippen molar-refractivity contribution in [3.05, 3.63) is 23.8 Å². The summed E-state index contributed by atoms with van der Waals surface area (Å²) < 4.78 is 28.6. The van der Waals surface area contributed by atoms with Crippen LogP contribution in [0.15, 0.2) is 18.2 Å². The lowest BCUT2D eigenvalue weighted by Crippen LogP contribution is -2.65. The maximum Gasteiger partial charge on any atom is 0.187 e. The van der Waals surface area contributed by atoms with Gasteiger partial charge in [-0.2, -0.15) is 0 Å². The van der Waals surface area contributed by atoms with E-state index in [1.807, 2.05) is 0 Å². The van der Waals surface area contributed by atoms with Gasteiger partial charge in [0, 0.05) is 0 Å². The van der Waals surface area contributed by atoms with Gasteiger partial charge in [-0.25, -0.2) is 0 Å². The van der Waals surface area contributed by atoms with Gasteiger partial charge in [-0.05, 0) is 24.6 Å². The van der Waals surface area contributed by atoms with E-state index in [4.69, 9.17) is 23.7 Å². The number of phenolic OH excluding ortho intramolecular Hbond substituents is 2. The van der Waals surface area contributed by atoms with Gasteiger partial charge in [0.15, 0.2) is 24.1 Å². The number of hydrogen-bond acceptors (Lipinski definition) is 12. The van der Waals surface area contributed by atoms with E-state index in [0.717, 1.165) is 0 Å². The van der Waals surface area contributed by atoms with Crippen molar-refractivity contribution in [3.63, 3.8) is 0 Å². The molecule has 3 heterocycles. The molecular formula is C20H28O12. The number of ether oxygens (including phenoxy) is 5. The van der Waals surface area contributed by atoms with Gasteiger partial charge in [0.2, 0.25) is 0 Å². The number of hydrogen-bond donors (Lipinski definition) is 7. The van der Waals surface area contributed by atoms with Crippen LogP contribution in [0, 0.1) is 0 Å². The molecule has 32 heavy (non-hydrogen) atoms. The number of benzene rings is 1. The molecule has 3 fully saturated rings. The molecule has 3 aliphatic rings. The number of aromatic hydroxyl groups is 2. The molecule has 1 aromatic carbocycles. The van der Waals surface area contributed by atoms with E-state index in [2.05, 4.69) is 0 Å². The predicted octanol–water partition coefficient (Wildman–Crippen LogP) is -2.15. The quantitative estimate of drug-likeness (QED) is 0.242. The highest BCUT2D eigenvalue weighted by Gasteiger charge is 2.53. The zero-order valence-corrected chi connectivity index (χ0v) is 17.2. The Morgan fingerprint density at radius 3 is 2.38 bits per heavy atom. The Morgan fingerprint density at radius 2 is 1.69 bits per heavy atom. The van der Waals surface area contributed by atoms with E-state index in [1.54, 1.807) is 0 Å². The van der Waals surface area contributed by atoms with Crippen molar-refractivity contribution in [2.24, 2.45) is 0 Å². The lowest BCUT2D eigenvalue weighted by atomic mass is 9.96. The lowest BCUT2D eigenvalue weighted by molar-refractivity contribution is -0.384. The summed E-state index contributed by atoms with van der Waals surface area (Å²) >= 11 is 0. The summed E-state index contributed by atoms with van der Waals surface area (Å²) in [6.07, 6.45) is -13.3. The van der Waals surface area contributed by atoms with Crippen LogP contribution >= 0.6 is 0 Å². The summed E-state index contributed by atoms with van der Waals surface area (Å²) in [7, 11) is 0. The Balaban J connectivity index is 1.56. The molecule has 3 aliphatic heterocycles. The first-order valence-electron chi connectivity index (χ1n) is 10.3. The van der Waals surface area contributed by atoms with Crippen LogP contribution in [-0.4, -0.2) is 110 Å². The molecule has 3 saturated heterocycles. The largest absolute Gasteiger partial charge is 0.504 e. The molecule has 1 aromatic rings. The fourth-order valence-corrected chi connectivity index (χ4v) is 4.08. The van der Waals surface area contributed by atoms with E-state index < -0.39 is 74.1 Å². The van der Waals surface area contributed by atoms with Crippen molar-refractivity contribution in [2.45, 2.75) is 74.4 Å². The van der Waals surface area contributed by atoms with Crippen LogP contribution in [0.25, 0.3) is 0 Å². The van der Waals surface area contributed by atoms with Crippen LogP contribution in [0.2, 0.25) is 0 Å². The second-order valence-electron chi connectivity index (χ2n) is 8.17. The smallest absolute Gasteiger partial charge is 0.187 e. The van der Waals surface area contributed by atoms with Crippen LogP contribution < -0.4 is 0 Å². The Morgan fingerprint density at radius 1 is 0.938 bits per heavy atom. The van der Waals surface area contributed by atoms with E-state index in [0.29, 0.717) is 5.56 Å². The molecule has 0 aromatic heterocycles. The molecule has 12 heteroatoms. The fraction of sp³-hybridized carbons (Fsp3) is 0.700. The average Bonchev–Trinajstić information content (AvgIpc) is 2.78. The fourth-order valence-electron chi connectivity index (χ4n) is 4.08. The van der Waals surface area contributed by atoms with Gasteiger partial charge < -0.3 is 59.4 Å². The summed E-state index contributed by atoms with van der Waals surface area (Å²) in [6.45, 7) is 0.953. The first-order chi connectivity index (χ1) is 15.2. The molecule has 0 amide bonds. The zero-order valence-electron chi connectivity index (χ0n) is 17.2. The van der Waals surface area contributed by atoms with Crippen LogP contribution in [0.3, 0.4) is 0 Å². The number of rotatable bonds is 4. The average molecular weight is 460 g/mol. The van der Waals surface area contributed by atoms with Crippen molar-refractivity contribution in [2.75, 3.05) is 13.2 Å². The molecule has 12 nitrogen and oxygen atoms in total. The highest BCUT2D eigenvalue weighted by Crippen LogP contribution is 2.38. The third-order valence-electron chi connectivity index (χ3n) is 6.00. The van der Waals surface area contributed by atoms with Crippen molar-refractivity contribution in [1.82, 2.24) is 0 Å². The van der Waals surface area contributed by atoms with E-state index in [1.165, 1.54) is 25.1 Å². The summed E-state index contributed by atoms with van der Waals surface area (Å²) in [5.41, 5.74) is 0.484. The van der Waals surface area contributed by atoms with E-state index in [-0.39, 0.29) is 18.1 Å². The Labute approximate surface area is 183 Å². The number of aliphatic hydroxyl groups is 5. The maximum absolute atomic E-state index is 10.7. The molecule has 11 atom stereocenters. The van der Waals surface area contributed by atoms with Crippen LogP contribution in [0.5, 0.6) is 11.5 Å². The number of aliphatic hydroxyl groups excluding tert-OH is 5. The zero-order chi connectivity index (χ0) is 23.2. The van der Waals surface area contributed by atoms with E-state index in [9.17, 15) is 35.7 Å². The molecule has 7 N–H and O–H groups in total. The minimum atomic E-state index is -1.61. The van der Waals surface area contributed by atoms with Gasteiger partial charge in [-0.3, -0.25) is 0 Å². The maximum atomic E-state index is 10.7. The number of phenols is 2. The van der Waals surface area contributed by atoms with Crippen molar-refractivity contribution < 1.29 is 59.4 Å². The second kappa shape index (κ2) is 9.35. The summed E-state index contributed by atoms with van der Waals surface area (Å²) in [6, 6.07) is 4.13. The molecular weight excluding hydrogens is 432 g/mol. The molecule has 4 rings (SSSR count). The van der Waals surface area contributed by atoms with Crippen molar-refractivity contribution >= 4 is 0 Å². The Kier molecular flexibility index (Phi) is 6.89. The highest BCUT2D eigenvalue weighted by molar-refractivity contribution is 5.41. The van der Waals surface area contributed by atoms with Crippen LogP contribution in [-0.2, 0) is 23.7 Å². The van der Waals surface area contributed by atoms with E-state index >= 15 is 0 Å². The molecule has 0 spiro atoms. The third kappa shape index (κ3) is 4.31. The Hall–Kier alpha value is -1.58. The van der Waals surface area contributed by atoms with Crippen LogP contribution in [0.4, 0.5) is 0 Å². The lowest BCUT2D eigenvalue weighted by Gasteiger charge is -2.49. The first-order valence-corrected chi connectivity index (χ1v) is 10.3. The van der Waals surface area contributed by atoms with Crippen molar-refractivity contribution in [1.29, 1.82) is 0 Å². The summed E-state index contributed by atoms with van der Waals surface area (Å²) in [5, 5.41) is 69.9. The molecule has 0 bridgehead atoms. The first kappa shape index (κ1) is 23.6. The standard InChI is InChI=1S/C20H28O12/c1-7-13(24)15(26)16(27)19(29-7)32-17-14(25)11(5-21)31-20-18(17)30-12(6-28-20)8-2-3-9(22)10(23)4-8/h2-4,7,11-27H,5-6H2,1H3. The van der Waals surface area contributed by atoms with Crippen molar-refractivity contribution in [3.8, 4) is 11.5 Å². The summed E-state index contributed by atoms with van der Waals surface area (Å²) in [4.78, 5) is 0. The van der Waals surface area contributed by atoms with Gasteiger partial charge in [-0.15, -0.1) is 0 Å². The third-order valence-corrected chi connectivity index (χ3v) is 6.00. The Bertz CT molecular complexity index is 792. The number of fused-ring (bicyclic) bond motifs is 1. The molecule has 180 valence electrons. The summed E-state index contributed by atoms with van der Waals surface area (Å²) in [5.74, 6) is -0.647. The predicted molar refractivity (Wildman–Crippen MR) is 102 cm³/mol. The monoisotopic (exact) mass is 460 g/mol. The topological polar surface area (TPSA) is 188 Å². The second-order valence-corrected chi connectivity index (χ2v) is 8.17. The SMILES string of the molecule is CC1OC(OC2C(O)C(CO)OC3OCC(c4ccc(O)c(O)c4)OC32)C(O)C(O)C1O. The van der Waals surface area contributed by atoms with Gasteiger partial charge in [-0.1, -0.05) is 6.07 Å². The molecule has 0 aliphatic carbocycles. The highest BCUT2D eigenvalue weighted by atomic mass is 16.8. The normalized spacial score (nSPS) is 44.8. The van der Waals surface area contributed by atoms with Gasteiger partial charge in [0.1, 0.15) is 48.8 Å². The van der Waals surface area contributed by atoms with Gasteiger partial charge >= 0.3 is 0 Å². The molecule has 11 unspecified atom stereocenters. The minimum absolute atomic E-state index is 0.0108. The van der Waals surface area contributed by atoms with Crippen LogP contribution in [0.1, 0.15) is 18.6 Å². The molecule has 0 saturated carbocycles. The van der Waals surface area contributed by atoms with Gasteiger partial charge in [0.25, 0.3) is 0 Å².